The minimum atomic E-state index is -0.450. The molecule has 2 aromatic rings. The van der Waals surface area contributed by atoms with Gasteiger partial charge in [-0.25, -0.2) is 19.3 Å². The minimum absolute atomic E-state index is 0.389. The molecule has 0 radical (unpaired) electrons. The average molecular weight is 274 g/mol. The molecular weight excluding hydrogens is 259 g/mol. The summed E-state index contributed by atoms with van der Waals surface area (Å²) in [6.45, 7) is 1.29. The summed E-state index contributed by atoms with van der Waals surface area (Å²) in [4.78, 5) is 11.9. The first-order valence-corrected chi connectivity index (χ1v) is 6.59. The molecule has 1 N–H and O–H groups in total. The van der Waals surface area contributed by atoms with Crippen LogP contribution in [0.15, 0.2) is 30.7 Å². The third kappa shape index (κ3) is 3.63. The smallest absolute Gasteiger partial charge is 0.223 e. The van der Waals surface area contributed by atoms with Gasteiger partial charge in [0.25, 0.3) is 0 Å². The zero-order chi connectivity index (χ0) is 13.8. The molecule has 0 aromatic carbocycles. The maximum Gasteiger partial charge on any atom is 0.223 e. The highest BCUT2D eigenvalue weighted by Crippen LogP contribution is 2.29. The number of anilines is 1. The van der Waals surface area contributed by atoms with E-state index in [0.717, 1.165) is 24.6 Å². The molecule has 2 heterocycles. The van der Waals surface area contributed by atoms with Crippen molar-refractivity contribution >= 4 is 5.95 Å². The summed E-state index contributed by atoms with van der Waals surface area (Å²) in [7, 11) is 0. The Kier molecular flexibility index (Phi) is 3.71. The quantitative estimate of drug-likeness (QED) is 0.876. The Morgan fingerprint density at radius 1 is 1.15 bits per heavy atom. The average Bonchev–Trinajstić information content (AvgIpc) is 3.30. The van der Waals surface area contributed by atoms with Crippen molar-refractivity contribution in [2.45, 2.75) is 19.4 Å². The second-order valence-corrected chi connectivity index (χ2v) is 4.84. The van der Waals surface area contributed by atoms with Crippen LogP contribution in [0.25, 0.3) is 0 Å². The Morgan fingerprint density at radius 2 is 1.95 bits per heavy atom. The lowest BCUT2D eigenvalue weighted by Gasteiger charge is -2.06. The number of nitrogens with zero attached hydrogens (tertiary/aromatic N) is 3. The first kappa shape index (κ1) is 12.8. The van der Waals surface area contributed by atoms with E-state index < -0.39 is 5.82 Å². The first-order valence-electron chi connectivity index (χ1n) is 6.59. The number of ether oxygens (including phenoxy) is 1. The van der Waals surface area contributed by atoms with E-state index in [1.807, 2.05) is 12.1 Å². The first-order chi connectivity index (χ1) is 9.79. The second kappa shape index (κ2) is 5.81. The largest absolute Gasteiger partial charge is 0.477 e. The fraction of sp³-hybridized carbons (Fsp3) is 0.357. The van der Waals surface area contributed by atoms with Gasteiger partial charge >= 0.3 is 0 Å². The van der Waals surface area contributed by atoms with Gasteiger partial charge in [0.2, 0.25) is 11.8 Å². The van der Waals surface area contributed by atoms with Crippen molar-refractivity contribution in [1.29, 1.82) is 0 Å². The lowest BCUT2D eigenvalue weighted by atomic mass is 10.3. The Morgan fingerprint density at radius 3 is 2.60 bits per heavy atom. The number of rotatable bonds is 6. The molecule has 0 unspecified atom stereocenters. The van der Waals surface area contributed by atoms with Gasteiger partial charge in [-0.05, 0) is 24.3 Å². The topological polar surface area (TPSA) is 59.9 Å². The van der Waals surface area contributed by atoms with Crippen LogP contribution in [0.5, 0.6) is 5.88 Å². The van der Waals surface area contributed by atoms with Gasteiger partial charge in [-0.3, -0.25) is 0 Å². The maximum absolute atomic E-state index is 12.7. The van der Waals surface area contributed by atoms with Crippen molar-refractivity contribution in [3.05, 3.63) is 42.1 Å². The highest BCUT2D eigenvalue weighted by molar-refractivity contribution is 5.26. The molecule has 0 atom stereocenters. The number of hydrogen-bond acceptors (Lipinski definition) is 5. The predicted molar refractivity (Wildman–Crippen MR) is 71.8 cm³/mol. The lowest BCUT2D eigenvalue weighted by Crippen LogP contribution is -2.05. The van der Waals surface area contributed by atoms with Gasteiger partial charge in [0.1, 0.15) is 0 Å². The highest BCUT2D eigenvalue weighted by Gasteiger charge is 2.21. The van der Waals surface area contributed by atoms with E-state index in [0.29, 0.717) is 24.3 Å². The Balaban J connectivity index is 1.50. The standard InChI is InChI=1S/C14H15FN4O/c15-12-7-18-14(19-8-12)17-6-11-3-4-13(16-5-11)20-9-10-1-2-10/h3-5,7-8,10H,1-2,6,9H2,(H,17,18,19). The lowest BCUT2D eigenvalue weighted by molar-refractivity contribution is 0.288. The van der Waals surface area contributed by atoms with Gasteiger partial charge < -0.3 is 10.1 Å². The predicted octanol–water partition coefficient (Wildman–Crippen LogP) is 2.41. The summed E-state index contributed by atoms with van der Waals surface area (Å²) in [6.07, 6.45) is 6.53. The number of hydrogen-bond donors (Lipinski definition) is 1. The molecule has 1 aliphatic carbocycles. The van der Waals surface area contributed by atoms with Gasteiger partial charge in [0, 0.05) is 18.8 Å². The molecule has 0 aliphatic heterocycles. The second-order valence-electron chi connectivity index (χ2n) is 4.84. The van der Waals surface area contributed by atoms with Crippen molar-refractivity contribution in [2.24, 2.45) is 5.92 Å². The van der Waals surface area contributed by atoms with E-state index in [-0.39, 0.29) is 0 Å². The third-order valence-corrected chi connectivity index (χ3v) is 3.03. The van der Waals surface area contributed by atoms with Crippen molar-refractivity contribution in [2.75, 3.05) is 11.9 Å². The molecule has 2 aromatic heterocycles. The van der Waals surface area contributed by atoms with Crippen LogP contribution in [0.2, 0.25) is 0 Å². The van der Waals surface area contributed by atoms with Crippen molar-refractivity contribution in [1.82, 2.24) is 15.0 Å². The molecule has 20 heavy (non-hydrogen) atoms. The highest BCUT2D eigenvalue weighted by atomic mass is 19.1. The zero-order valence-electron chi connectivity index (χ0n) is 10.9. The van der Waals surface area contributed by atoms with E-state index in [9.17, 15) is 4.39 Å². The van der Waals surface area contributed by atoms with Gasteiger partial charge in [0.05, 0.1) is 19.0 Å². The molecule has 1 aliphatic rings. The Bertz CT molecular complexity index is 554. The van der Waals surface area contributed by atoms with Gasteiger partial charge in [0.15, 0.2) is 5.82 Å². The van der Waals surface area contributed by atoms with Crippen LogP contribution in [-0.4, -0.2) is 21.6 Å². The Hall–Kier alpha value is -2.24. The summed E-state index contributed by atoms with van der Waals surface area (Å²) in [5.74, 6) is 1.31. The molecule has 3 rings (SSSR count). The molecule has 0 spiro atoms. The zero-order valence-corrected chi connectivity index (χ0v) is 10.9. The number of aromatic nitrogens is 3. The summed E-state index contributed by atoms with van der Waals surface area (Å²) in [6, 6.07) is 3.79. The van der Waals surface area contributed by atoms with Gasteiger partial charge in [-0.15, -0.1) is 0 Å². The van der Waals surface area contributed by atoms with E-state index in [1.54, 1.807) is 6.20 Å². The Labute approximate surface area is 116 Å². The van der Waals surface area contributed by atoms with Crippen molar-refractivity contribution in [3.63, 3.8) is 0 Å². The van der Waals surface area contributed by atoms with Gasteiger partial charge in [-0.2, -0.15) is 0 Å². The number of halogens is 1. The summed E-state index contributed by atoms with van der Waals surface area (Å²) >= 11 is 0. The summed E-state index contributed by atoms with van der Waals surface area (Å²) in [5.41, 5.74) is 0.983. The van der Waals surface area contributed by atoms with E-state index in [2.05, 4.69) is 20.3 Å². The fourth-order valence-electron chi connectivity index (χ4n) is 1.67. The van der Waals surface area contributed by atoms with E-state index >= 15 is 0 Å². The summed E-state index contributed by atoms with van der Waals surface area (Å²) < 4.78 is 18.2. The molecular formula is C14H15FN4O. The van der Waals surface area contributed by atoms with Crippen LogP contribution >= 0.6 is 0 Å². The fourth-order valence-corrected chi connectivity index (χ4v) is 1.67. The molecule has 0 saturated heterocycles. The molecule has 5 nitrogen and oxygen atoms in total. The van der Waals surface area contributed by atoms with Crippen LogP contribution in [0.1, 0.15) is 18.4 Å². The summed E-state index contributed by atoms with van der Waals surface area (Å²) in [5, 5.41) is 3.00. The van der Waals surface area contributed by atoms with Gasteiger partial charge in [-0.1, -0.05) is 6.07 Å². The third-order valence-electron chi connectivity index (χ3n) is 3.03. The van der Waals surface area contributed by atoms with Crippen LogP contribution in [0.4, 0.5) is 10.3 Å². The van der Waals surface area contributed by atoms with Crippen LogP contribution < -0.4 is 10.1 Å². The SMILES string of the molecule is Fc1cnc(NCc2ccc(OCC3CC3)nc2)nc1. The van der Waals surface area contributed by atoms with E-state index in [1.165, 1.54) is 12.8 Å². The van der Waals surface area contributed by atoms with Crippen LogP contribution in [0.3, 0.4) is 0 Å². The normalized spacial score (nSPS) is 14.1. The number of pyridine rings is 1. The minimum Gasteiger partial charge on any atom is -0.477 e. The van der Waals surface area contributed by atoms with Crippen molar-refractivity contribution < 1.29 is 9.13 Å². The molecule has 1 saturated carbocycles. The van der Waals surface area contributed by atoms with Crippen molar-refractivity contribution in [3.8, 4) is 5.88 Å². The molecule has 1 fully saturated rings. The van der Waals surface area contributed by atoms with Crippen LogP contribution in [-0.2, 0) is 6.54 Å². The molecule has 0 amide bonds. The van der Waals surface area contributed by atoms with E-state index in [4.69, 9.17) is 4.74 Å². The molecule has 104 valence electrons. The monoisotopic (exact) mass is 274 g/mol. The number of nitrogens with one attached hydrogen (secondary N) is 1. The molecule has 6 heteroatoms. The molecule has 0 bridgehead atoms. The maximum atomic E-state index is 12.7. The van der Waals surface area contributed by atoms with Crippen LogP contribution in [0, 0.1) is 11.7 Å².